The Morgan fingerprint density at radius 1 is 1.10 bits per heavy atom. The molecule has 0 bridgehead atoms. The molecule has 1 aromatic carbocycles. The summed E-state index contributed by atoms with van der Waals surface area (Å²) in [5.41, 5.74) is 0.881. The number of Topliss-reactive ketones (excluding diaryl/α,β-unsaturated/α-hetero) is 1. The van der Waals surface area contributed by atoms with Crippen LogP contribution in [0.3, 0.4) is 0 Å². The fourth-order valence-electron chi connectivity index (χ4n) is 4.72. The number of carbonyl (C=O) groups excluding carboxylic acids is 2. The molecule has 1 amide bonds. The maximum Gasteiger partial charge on any atom is 0.243 e. The van der Waals surface area contributed by atoms with E-state index in [0.717, 1.165) is 44.0 Å². The summed E-state index contributed by atoms with van der Waals surface area (Å²) in [6.45, 7) is 10.1. The van der Waals surface area contributed by atoms with Crippen molar-refractivity contribution in [3.63, 3.8) is 0 Å². The molecule has 0 aliphatic carbocycles. The molecule has 0 spiro atoms. The van der Waals surface area contributed by atoms with E-state index in [1.54, 1.807) is 11.7 Å². The number of amides is 1. The fourth-order valence-corrected chi connectivity index (χ4v) is 4.72. The predicted molar refractivity (Wildman–Crippen MR) is 124 cm³/mol. The number of benzene rings is 1. The standard InChI is InChI=1S/C25H37N3O3/c1-7-9-17-11-12-18(10-8-2)28(17)22(29)16-27-21-15-19(31-6)13-14-20(21)26-24(27)23(30)25(3,4)5/h13-15,17-18H,7-12,16H2,1-6H3/t17-,18+. The van der Waals surface area contributed by atoms with Crippen LogP contribution in [-0.4, -0.2) is 45.3 Å². The van der Waals surface area contributed by atoms with E-state index in [1.807, 2.05) is 39.0 Å². The number of carbonyl (C=O) groups is 2. The molecular weight excluding hydrogens is 390 g/mol. The number of rotatable bonds is 8. The van der Waals surface area contributed by atoms with Crippen LogP contribution in [0.25, 0.3) is 11.0 Å². The van der Waals surface area contributed by atoms with E-state index in [2.05, 4.69) is 23.7 Å². The van der Waals surface area contributed by atoms with Gasteiger partial charge in [-0.2, -0.15) is 0 Å². The number of ether oxygens (including phenoxy) is 1. The van der Waals surface area contributed by atoms with Gasteiger partial charge in [0.25, 0.3) is 0 Å². The Bertz CT molecular complexity index is 927. The number of hydrogen-bond donors (Lipinski definition) is 0. The molecule has 170 valence electrons. The molecule has 0 radical (unpaired) electrons. The van der Waals surface area contributed by atoms with Crippen molar-refractivity contribution >= 4 is 22.7 Å². The van der Waals surface area contributed by atoms with E-state index in [9.17, 15) is 9.59 Å². The number of likely N-dealkylation sites (tertiary alicyclic amines) is 1. The smallest absolute Gasteiger partial charge is 0.243 e. The normalized spacial score (nSPS) is 19.2. The molecule has 0 unspecified atom stereocenters. The molecule has 1 aromatic heterocycles. The van der Waals surface area contributed by atoms with Gasteiger partial charge in [0.05, 0.1) is 18.1 Å². The number of fused-ring (bicyclic) bond motifs is 1. The van der Waals surface area contributed by atoms with E-state index in [0.29, 0.717) is 29.2 Å². The molecule has 31 heavy (non-hydrogen) atoms. The molecule has 2 heterocycles. The zero-order valence-electron chi connectivity index (χ0n) is 19.9. The largest absolute Gasteiger partial charge is 0.497 e. The average molecular weight is 428 g/mol. The average Bonchev–Trinajstić information content (AvgIpc) is 3.28. The molecule has 1 fully saturated rings. The molecule has 1 aliphatic heterocycles. The minimum absolute atomic E-state index is 0.0629. The molecular formula is C25H37N3O3. The van der Waals surface area contributed by atoms with Crippen molar-refractivity contribution in [1.29, 1.82) is 0 Å². The second-order valence-electron chi connectivity index (χ2n) is 9.72. The van der Waals surface area contributed by atoms with Crippen LogP contribution in [-0.2, 0) is 11.3 Å². The van der Waals surface area contributed by atoms with Crippen LogP contribution < -0.4 is 4.74 Å². The Balaban J connectivity index is 2.03. The Morgan fingerprint density at radius 3 is 2.23 bits per heavy atom. The molecule has 6 nitrogen and oxygen atoms in total. The Hall–Kier alpha value is -2.37. The number of hydrogen-bond acceptors (Lipinski definition) is 4. The molecule has 3 rings (SSSR count). The van der Waals surface area contributed by atoms with Gasteiger partial charge in [0, 0.05) is 23.6 Å². The van der Waals surface area contributed by atoms with Gasteiger partial charge in [-0.15, -0.1) is 0 Å². The molecule has 1 aliphatic rings. The van der Waals surface area contributed by atoms with Gasteiger partial charge >= 0.3 is 0 Å². The van der Waals surface area contributed by atoms with Gasteiger partial charge < -0.3 is 14.2 Å². The summed E-state index contributed by atoms with van der Waals surface area (Å²) in [5, 5.41) is 0. The van der Waals surface area contributed by atoms with Gasteiger partial charge in [0.2, 0.25) is 11.7 Å². The Kier molecular flexibility index (Phi) is 7.07. The van der Waals surface area contributed by atoms with Crippen LogP contribution in [0.4, 0.5) is 0 Å². The SMILES string of the molecule is CCC[C@@H]1CC[C@H](CCC)N1C(=O)Cn1c(C(=O)C(C)(C)C)nc2ccc(OC)cc21. The minimum atomic E-state index is -0.588. The van der Waals surface area contributed by atoms with Gasteiger partial charge in [-0.3, -0.25) is 9.59 Å². The first-order valence-electron chi connectivity index (χ1n) is 11.6. The van der Waals surface area contributed by atoms with Gasteiger partial charge in [0.1, 0.15) is 12.3 Å². The molecule has 1 saturated heterocycles. The topological polar surface area (TPSA) is 64.4 Å². The second kappa shape index (κ2) is 9.41. The number of ketones is 1. The van der Waals surface area contributed by atoms with Crippen LogP contribution in [0.2, 0.25) is 0 Å². The first kappa shape index (κ1) is 23.3. The quantitative estimate of drug-likeness (QED) is 0.541. The molecule has 6 heteroatoms. The van der Waals surface area contributed by atoms with Crippen LogP contribution in [0, 0.1) is 5.41 Å². The highest BCUT2D eigenvalue weighted by Gasteiger charge is 2.37. The molecule has 0 saturated carbocycles. The highest BCUT2D eigenvalue weighted by Crippen LogP contribution is 2.32. The lowest BCUT2D eigenvalue weighted by Gasteiger charge is -2.31. The van der Waals surface area contributed by atoms with Crippen LogP contribution in [0.15, 0.2) is 18.2 Å². The van der Waals surface area contributed by atoms with Crippen LogP contribution >= 0.6 is 0 Å². The van der Waals surface area contributed by atoms with Crippen LogP contribution in [0.5, 0.6) is 5.75 Å². The zero-order chi connectivity index (χ0) is 22.8. The highest BCUT2D eigenvalue weighted by atomic mass is 16.5. The summed E-state index contributed by atoms with van der Waals surface area (Å²) >= 11 is 0. The predicted octanol–water partition coefficient (Wildman–Crippen LogP) is 5.23. The summed E-state index contributed by atoms with van der Waals surface area (Å²) in [5.74, 6) is 1.05. The third kappa shape index (κ3) is 4.78. The van der Waals surface area contributed by atoms with Gasteiger partial charge in [-0.05, 0) is 37.8 Å². The number of aromatic nitrogens is 2. The fraction of sp³-hybridized carbons (Fsp3) is 0.640. The summed E-state index contributed by atoms with van der Waals surface area (Å²) in [6, 6.07) is 6.14. The van der Waals surface area contributed by atoms with Gasteiger partial charge in [0.15, 0.2) is 5.82 Å². The lowest BCUT2D eigenvalue weighted by atomic mass is 9.90. The zero-order valence-corrected chi connectivity index (χ0v) is 19.9. The van der Waals surface area contributed by atoms with E-state index >= 15 is 0 Å². The number of methoxy groups -OCH3 is 1. The van der Waals surface area contributed by atoms with Gasteiger partial charge in [-0.25, -0.2) is 4.98 Å². The van der Waals surface area contributed by atoms with Gasteiger partial charge in [-0.1, -0.05) is 47.5 Å². The summed E-state index contributed by atoms with van der Waals surface area (Å²) in [4.78, 5) is 33.6. The lowest BCUT2D eigenvalue weighted by molar-refractivity contribution is -0.135. The van der Waals surface area contributed by atoms with E-state index in [4.69, 9.17) is 4.74 Å². The maximum atomic E-state index is 13.6. The van der Waals surface area contributed by atoms with Crippen molar-refractivity contribution in [2.24, 2.45) is 5.41 Å². The summed E-state index contributed by atoms with van der Waals surface area (Å²) < 4.78 is 7.20. The summed E-state index contributed by atoms with van der Waals surface area (Å²) in [6.07, 6.45) is 6.31. The van der Waals surface area contributed by atoms with Crippen molar-refractivity contribution < 1.29 is 14.3 Å². The van der Waals surface area contributed by atoms with Crippen molar-refractivity contribution in [2.45, 2.75) is 91.8 Å². The Morgan fingerprint density at radius 2 is 1.71 bits per heavy atom. The number of imidazole rings is 1. The van der Waals surface area contributed by atoms with Crippen molar-refractivity contribution in [1.82, 2.24) is 14.5 Å². The molecule has 2 atom stereocenters. The van der Waals surface area contributed by atoms with Crippen LogP contribution in [0.1, 0.15) is 83.8 Å². The number of nitrogens with zero attached hydrogens (tertiary/aromatic N) is 3. The van der Waals surface area contributed by atoms with E-state index < -0.39 is 5.41 Å². The van der Waals surface area contributed by atoms with E-state index in [1.165, 1.54) is 0 Å². The van der Waals surface area contributed by atoms with E-state index in [-0.39, 0.29) is 18.2 Å². The lowest BCUT2D eigenvalue weighted by Crippen LogP contribution is -2.43. The minimum Gasteiger partial charge on any atom is -0.497 e. The second-order valence-corrected chi connectivity index (χ2v) is 9.72. The summed E-state index contributed by atoms with van der Waals surface area (Å²) in [7, 11) is 1.61. The first-order chi connectivity index (χ1) is 14.7. The third-order valence-corrected chi connectivity index (χ3v) is 6.28. The molecule has 0 N–H and O–H groups in total. The van der Waals surface area contributed by atoms with Crippen molar-refractivity contribution in [2.75, 3.05) is 7.11 Å². The maximum absolute atomic E-state index is 13.6. The third-order valence-electron chi connectivity index (χ3n) is 6.28. The van der Waals surface area contributed by atoms with Crippen molar-refractivity contribution in [3.8, 4) is 5.75 Å². The first-order valence-corrected chi connectivity index (χ1v) is 11.6. The highest BCUT2D eigenvalue weighted by molar-refractivity contribution is 6.00. The van der Waals surface area contributed by atoms with Crippen molar-refractivity contribution in [3.05, 3.63) is 24.0 Å². The Labute approximate surface area is 186 Å². The molecule has 2 aromatic rings. The monoisotopic (exact) mass is 427 g/mol.